The molecule has 92 valence electrons. The predicted molar refractivity (Wildman–Crippen MR) is 61.9 cm³/mol. The molecule has 0 bridgehead atoms. The van der Waals surface area contributed by atoms with E-state index < -0.39 is 10.7 Å². The maximum atomic E-state index is 13.0. The number of benzene rings is 1. The van der Waals surface area contributed by atoms with Crippen molar-refractivity contribution in [2.75, 3.05) is 0 Å². The monoisotopic (exact) mass is 238 g/mol. The number of nitro benzene ring substituents is 1. The van der Waals surface area contributed by atoms with E-state index in [1.165, 1.54) is 12.1 Å². The van der Waals surface area contributed by atoms with E-state index in [4.69, 9.17) is 5.73 Å². The van der Waals surface area contributed by atoms with Crippen molar-refractivity contribution in [2.24, 2.45) is 11.7 Å². The van der Waals surface area contributed by atoms with Crippen LogP contribution in [0.2, 0.25) is 0 Å². The molecular formula is C12H15FN2O2. The maximum absolute atomic E-state index is 13.0. The van der Waals surface area contributed by atoms with Crippen LogP contribution in [0.1, 0.15) is 37.3 Å². The lowest BCUT2D eigenvalue weighted by molar-refractivity contribution is -0.386. The summed E-state index contributed by atoms with van der Waals surface area (Å²) in [5.41, 5.74) is 6.31. The van der Waals surface area contributed by atoms with Crippen LogP contribution in [0.5, 0.6) is 0 Å². The van der Waals surface area contributed by atoms with Gasteiger partial charge in [-0.3, -0.25) is 10.1 Å². The van der Waals surface area contributed by atoms with Crippen LogP contribution in [-0.4, -0.2) is 4.92 Å². The SMILES string of the molecule is N[C@@H](c1ccc(F)cc1[N+](=O)[O-])C1CCCC1. The molecule has 2 N–H and O–H groups in total. The Labute approximate surface area is 98.8 Å². The van der Waals surface area contributed by atoms with E-state index in [0.717, 1.165) is 31.7 Å². The number of halogens is 1. The lowest BCUT2D eigenvalue weighted by Gasteiger charge is -2.18. The van der Waals surface area contributed by atoms with Crippen LogP contribution >= 0.6 is 0 Å². The normalized spacial score (nSPS) is 18.2. The minimum absolute atomic E-state index is 0.204. The highest BCUT2D eigenvalue weighted by molar-refractivity contribution is 5.42. The van der Waals surface area contributed by atoms with Gasteiger partial charge in [-0.2, -0.15) is 0 Å². The van der Waals surface area contributed by atoms with Gasteiger partial charge in [0.15, 0.2) is 0 Å². The first-order valence-electron chi connectivity index (χ1n) is 5.79. The first-order chi connectivity index (χ1) is 8.09. The molecule has 0 unspecified atom stereocenters. The lowest BCUT2D eigenvalue weighted by Crippen LogP contribution is -2.20. The molecule has 0 spiro atoms. The fourth-order valence-electron chi connectivity index (χ4n) is 2.53. The standard InChI is InChI=1S/C12H15FN2O2/c13-9-5-6-10(11(7-9)15(16)17)12(14)8-3-1-2-4-8/h5-8,12H,1-4,14H2/t12-/m1/s1. The van der Waals surface area contributed by atoms with Crippen LogP contribution in [-0.2, 0) is 0 Å². The Morgan fingerprint density at radius 3 is 2.65 bits per heavy atom. The van der Waals surface area contributed by atoms with E-state index in [1.54, 1.807) is 0 Å². The molecule has 17 heavy (non-hydrogen) atoms. The van der Waals surface area contributed by atoms with Crippen LogP contribution in [0.25, 0.3) is 0 Å². The minimum atomic E-state index is -0.598. The molecule has 0 saturated heterocycles. The second-order valence-electron chi connectivity index (χ2n) is 4.53. The van der Waals surface area contributed by atoms with Crippen LogP contribution < -0.4 is 5.73 Å². The van der Waals surface area contributed by atoms with E-state index in [-0.39, 0.29) is 17.6 Å². The summed E-state index contributed by atoms with van der Waals surface area (Å²) in [5.74, 6) is -0.321. The van der Waals surface area contributed by atoms with Gasteiger partial charge >= 0.3 is 0 Å². The number of nitrogens with two attached hydrogens (primary N) is 1. The van der Waals surface area contributed by atoms with Crippen LogP contribution in [0.4, 0.5) is 10.1 Å². The van der Waals surface area contributed by atoms with Crippen molar-refractivity contribution in [1.82, 2.24) is 0 Å². The first kappa shape index (κ1) is 12.0. The predicted octanol–water partition coefficient (Wildman–Crippen LogP) is 2.92. The highest BCUT2D eigenvalue weighted by Crippen LogP contribution is 2.37. The van der Waals surface area contributed by atoms with Crippen molar-refractivity contribution < 1.29 is 9.31 Å². The summed E-state index contributed by atoms with van der Waals surface area (Å²) in [7, 11) is 0. The summed E-state index contributed by atoms with van der Waals surface area (Å²) >= 11 is 0. The smallest absolute Gasteiger partial charge is 0.277 e. The molecule has 0 aliphatic heterocycles. The molecule has 1 aromatic carbocycles. The van der Waals surface area contributed by atoms with Gasteiger partial charge in [-0.15, -0.1) is 0 Å². The molecule has 1 aromatic rings. The van der Waals surface area contributed by atoms with Gasteiger partial charge in [-0.25, -0.2) is 4.39 Å². The number of hydrogen-bond acceptors (Lipinski definition) is 3. The lowest BCUT2D eigenvalue weighted by atomic mass is 9.91. The molecule has 4 nitrogen and oxygen atoms in total. The Kier molecular flexibility index (Phi) is 3.38. The molecule has 0 amide bonds. The van der Waals surface area contributed by atoms with Gasteiger partial charge in [0.1, 0.15) is 5.82 Å². The van der Waals surface area contributed by atoms with E-state index in [2.05, 4.69) is 0 Å². The Bertz CT molecular complexity index is 431. The van der Waals surface area contributed by atoms with Crippen LogP contribution in [0.3, 0.4) is 0 Å². The van der Waals surface area contributed by atoms with Crippen molar-refractivity contribution in [2.45, 2.75) is 31.7 Å². The molecule has 1 aliphatic carbocycles. The summed E-state index contributed by atoms with van der Waals surface area (Å²) in [6.07, 6.45) is 4.23. The highest BCUT2D eigenvalue weighted by Gasteiger charge is 2.28. The van der Waals surface area contributed by atoms with Gasteiger partial charge in [0, 0.05) is 11.6 Å². The quantitative estimate of drug-likeness (QED) is 0.650. The molecule has 1 aliphatic rings. The largest absolute Gasteiger partial charge is 0.324 e. The average Bonchev–Trinajstić information content (AvgIpc) is 2.81. The highest BCUT2D eigenvalue weighted by atomic mass is 19.1. The van der Waals surface area contributed by atoms with Crippen LogP contribution in [0.15, 0.2) is 18.2 Å². The average molecular weight is 238 g/mol. The zero-order chi connectivity index (χ0) is 12.4. The third-order valence-electron chi connectivity index (χ3n) is 3.46. The summed E-state index contributed by atoms with van der Waals surface area (Å²) in [6, 6.07) is 3.26. The zero-order valence-electron chi connectivity index (χ0n) is 9.43. The van der Waals surface area contributed by atoms with E-state index in [9.17, 15) is 14.5 Å². The molecule has 5 heteroatoms. The first-order valence-corrected chi connectivity index (χ1v) is 5.79. The number of rotatable bonds is 3. The molecule has 0 radical (unpaired) electrons. The summed E-state index contributed by atoms with van der Waals surface area (Å²) in [6.45, 7) is 0. The van der Waals surface area contributed by atoms with Gasteiger partial charge in [0.2, 0.25) is 0 Å². The Morgan fingerprint density at radius 1 is 1.41 bits per heavy atom. The fraction of sp³-hybridized carbons (Fsp3) is 0.500. The fourth-order valence-corrected chi connectivity index (χ4v) is 2.53. The number of nitro groups is 1. The molecule has 1 atom stereocenters. The maximum Gasteiger partial charge on any atom is 0.277 e. The number of nitrogens with zero attached hydrogens (tertiary/aromatic N) is 1. The molecule has 2 rings (SSSR count). The second kappa shape index (κ2) is 4.79. The number of hydrogen-bond donors (Lipinski definition) is 1. The van der Waals surface area contributed by atoms with E-state index >= 15 is 0 Å². The van der Waals surface area contributed by atoms with Crippen LogP contribution in [0, 0.1) is 21.8 Å². The molecule has 1 saturated carbocycles. The molecule has 1 fully saturated rings. The Morgan fingerprint density at radius 2 is 2.06 bits per heavy atom. The van der Waals surface area contributed by atoms with Gasteiger partial charge in [0.25, 0.3) is 5.69 Å². The minimum Gasteiger partial charge on any atom is -0.324 e. The Balaban J connectivity index is 2.33. The third-order valence-corrected chi connectivity index (χ3v) is 3.46. The summed E-state index contributed by atoms with van der Waals surface area (Å²) in [5, 5.41) is 10.9. The summed E-state index contributed by atoms with van der Waals surface area (Å²) < 4.78 is 13.0. The molecule has 0 aromatic heterocycles. The van der Waals surface area contributed by atoms with Crippen molar-refractivity contribution in [3.63, 3.8) is 0 Å². The molecule has 0 heterocycles. The Hall–Kier alpha value is -1.49. The second-order valence-corrected chi connectivity index (χ2v) is 4.53. The van der Waals surface area contributed by atoms with E-state index in [1.807, 2.05) is 0 Å². The van der Waals surface area contributed by atoms with Crippen molar-refractivity contribution in [3.05, 3.63) is 39.7 Å². The van der Waals surface area contributed by atoms with Crippen molar-refractivity contribution in [3.8, 4) is 0 Å². The van der Waals surface area contributed by atoms with Gasteiger partial charge in [-0.05, 0) is 30.9 Å². The van der Waals surface area contributed by atoms with Gasteiger partial charge in [-0.1, -0.05) is 12.8 Å². The zero-order valence-corrected chi connectivity index (χ0v) is 9.43. The summed E-state index contributed by atoms with van der Waals surface area (Å²) in [4.78, 5) is 10.3. The third kappa shape index (κ3) is 2.44. The van der Waals surface area contributed by atoms with Gasteiger partial charge in [0.05, 0.1) is 11.0 Å². The van der Waals surface area contributed by atoms with Gasteiger partial charge < -0.3 is 5.73 Å². The van der Waals surface area contributed by atoms with E-state index in [0.29, 0.717) is 5.56 Å². The molecular weight excluding hydrogens is 223 g/mol. The van der Waals surface area contributed by atoms with Crippen molar-refractivity contribution in [1.29, 1.82) is 0 Å². The van der Waals surface area contributed by atoms with Crippen molar-refractivity contribution >= 4 is 5.69 Å². The topological polar surface area (TPSA) is 69.2 Å².